The van der Waals surface area contributed by atoms with Crippen molar-refractivity contribution in [3.05, 3.63) is 35.9 Å². The molecule has 118 valence electrons. The number of ether oxygens (including phenoxy) is 1. The van der Waals surface area contributed by atoms with Crippen molar-refractivity contribution >= 4 is 29.9 Å². The monoisotopic (exact) mass is 404 g/mol. The summed E-state index contributed by atoms with van der Waals surface area (Å²) >= 11 is 0. The van der Waals surface area contributed by atoms with Gasteiger partial charge in [-0.05, 0) is 5.56 Å². The van der Waals surface area contributed by atoms with Gasteiger partial charge in [-0.15, -0.1) is 24.0 Å². The van der Waals surface area contributed by atoms with Gasteiger partial charge in [-0.1, -0.05) is 30.3 Å². The van der Waals surface area contributed by atoms with Crippen LogP contribution in [0.4, 0.5) is 0 Å². The van der Waals surface area contributed by atoms with E-state index in [2.05, 4.69) is 50.9 Å². The lowest BCUT2D eigenvalue weighted by Gasteiger charge is -2.33. The summed E-state index contributed by atoms with van der Waals surface area (Å²) < 4.78 is 5.80. The van der Waals surface area contributed by atoms with Gasteiger partial charge in [-0.2, -0.15) is 0 Å². The first-order chi connectivity index (χ1) is 9.81. The predicted molar refractivity (Wildman–Crippen MR) is 97.3 cm³/mol. The van der Waals surface area contributed by atoms with Gasteiger partial charge in [0.2, 0.25) is 0 Å². The number of nitrogens with one attached hydrogen (secondary N) is 2. The van der Waals surface area contributed by atoms with E-state index in [0.717, 1.165) is 38.7 Å². The lowest BCUT2D eigenvalue weighted by molar-refractivity contribution is -0.0281. The molecule has 1 unspecified atom stereocenters. The van der Waals surface area contributed by atoms with Gasteiger partial charge in [-0.25, -0.2) is 0 Å². The van der Waals surface area contributed by atoms with E-state index in [1.165, 1.54) is 5.56 Å². The molecular weight excluding hydrogens is 379 g/mol. The Morgan fingerprint density at radius 2 is 2.14 bits per heavy atom. The van der Waals surface area contributed by atoms with Crippen molar-refractivity contribution in [3.63, 3.8) is 0 Å². The zero-order chi connectivity index (χ0) is 14.2. The summed E-state index contributed by atoms with van der Waals surface area (Å²) in [6.45, 7) is 4.49. The standard InChI is InChI=1S/C15H24N4O.HI/c1-16-15(17-2)18-10-14-12-19(8-9-20-14)11-13-6-4-3-5-7-13;/h3-7,14H,8-12H2,1-2H3,(H2,16,17,18);1H. The molecule has 1 atom stereocenters. The number of hydrogen-bond acceptors (Lipinski definition) is 3. The molecule has 1 aliphatic rings. The van der Waals surface area contributed by atoms with Gasteiger partial charge >= 0.3 is 0 Å². The fraction of sp³-hybridized carbons (Fsp3) is 0.533. The lowest BCUT2D eigenvalue weighted by atomic mass is 10.2. The minimum Gasteiger partial charge on any atom is -0.374 e. The van der Waals surface area contributed by atoms with Crippen LogP contribution in [0.1, 0.15) is 5.56 Å². The molecule has 6 heteroatoms. The quantitative estimate of drug-likeness (QED) is 0.452. The molecule has 5 nitrogen and oxygen atoms in total. The van der Waals surface area contributed by atoms with Crippen molar-refractivity contribution in [1.29, 1.82) is 0 Å². The smallest absolute Gasteiger partial charge is 0.190 e. The Morgan fingerprint density at radius 1 is 1.38 bits per heavy atom. The van der Waals surface area contributed by atoms with Crippen LogP contribution in [0, 0.1) is 0 Å². The highest BCUT2D eigenvalue weighted by atomic mass is 127. The molecule has 0 amide bonds. The first kappa shape index (κ1) is 18.2. The second-order valence-corrected chi connectivity index (χ2v) is 4.92. The van der Waals surface area contributed by atoms with Crippen LogP contribution in [0.2, 0.25) is 0 Å². The predicted octanol–water partition coefficient (Wildman–Crippen LogP) is 1.30. The molecule has 0 saturated carbocycles. The normalized spacial score (nSPS) is 19.7. The Bertz CT molecular complexity index is 427. The fourth-order valence-corrected chi connectivity index (χ4v) is 2.38. The number of guanidine groups is 1. The maximum Gasteiger partial charge on any atom is 0.190 e. The van der Waals surface area contributed by atoms with E-state index >= 15 is 0 Å². The molecule has 1 saturated heterocycles. The maximum absolute atomic E-state index is 5.80. The third-order valence-corrected chi connectivity index (χ3v) is 3.43. The minimum atomic E-state index is 0. The zero-order valence-electron chi connectivity index (χ0n) is 12.7. The molecule has 0 radical (unpaired) electrons. The summed E-state index contributed by atoms with van der Waals surface area (Å²) in [5.41, 5.74) is 1.35. The SMILES string of the molecule is CN=C(NC)NCC1CN(Cc2ccccc2)CCO1.I. The van der Waals surface area contributed by atoms with Gasteiger partial charge in [-0.3, -0.25) is 9.89 Å². The minimum absolute atomic E-state index is 0. The summed E-state index contributed by atoms with van der Waals surface area (Å²) in [4.78, 5) is 6.54. The van der Waals surface area contributed by atoms with E-state index in [1.54, 1.807) is 7.05 Å². The van der Waals surface area contributed by atoms with Crippen molar-refractivity contribution in [3.8, 4) is 0 Å². The maximum atomic E-state index is 5.80. The number of benzene rings is 1. The Balaban J connectivity index is 0.00000220. The fourth-order valence-electron chi connectivity index (χ4n) is 2.38. The first-order valence-electron chi connectivity index (χ1n) is 7.08. The van der Waals surface area contributed by atoms with Gasteiger partial charge in [0.15, 0.2) is 5.96 Å². The van der Waals surface area contributed by atoms with Gasteiger partial charge < -0.3 is 15.4 Å². The molecular formula is C15H25IN4O. The molecule has 1 aromatic rings. The van der Waals surface area contributed by atoms with Crippen LogP contribution in [0.5, 0.6) is 0 Å². The molecule has 0 aromatic heterocycles. The lowest BCUT2D eigenvalue weighted by Crippen LogP contribution is -2.48. The third kappa shape index (κ3) is 6.19. The average molecular weight is 404 g/mol. The molecule has 0 aliphatic carbocycles. The van der Waals surface area contributed by atoms with Crippen molar-refractivity contribution in [2.75, 3.05) is 40.3 Å². The number of halogens is 1. The number of rotatable bonds is 4. The van der Waals surface area contributed by atoms with Gasteiger partial charge in [0.1, 0.15) is 0 Å². The van der Waals surface area contributed by atoms with Crippen LogP contribution in [0.3, 0.4) is 0 Å². The molecule has 2 N–H and O–H groups in total. The zero-order valence-corrected chi connectivity index (χ0v) is 15.0. The van der Waals surface area contributed by atoms with E-state index in [-0.39, 0.29) is 30.1 Å². The highest BCUT2D eigenvalue weighted by molar-refractivity contribution is 14.0. The molecule has 1 aliphatic heterocycles. The van der Waals surface area contributed by atoms with E-state index in [4.69, 9.17) is 4.74 Å². The van der Waals surface area contributed by atoms with Gasteiger partial charge in [0.25, 0.3) is 0 Å². The van der Waals surface area contributed by atoms with Crippen LogP contribution < -0.4 is 10.6 Å². The van der Waals surface area contributed by atoms with E-state index < -0.39 is 0 Å². The van der Waals surface area contributed by atoms with Crippen molar-refractivity contribution in [2.45, 2.75) is 12.6 Å². The first-order valence-corrected chi connectivity index (χ1v) is 7.08. The Hall–Kier alpha value is -0.860. The summed E-state index contributed by atoms with van der Waals surface area (Å²) in [7, 11) is 3.63. The van der Waals surface area contributed by atoms with Gasteiger partial charge in [0.05, 0.1) is 12.7 Å². The second kappa shape index (κ2) is 9.97. The van der Waals surface area contributed by atoms with Crippen molar-refractivity contribution in [1.82, 2.24) is 15.5 Å². The average Bonchev–Trinajstić information content (AvgIpc) is 2.50. The van der Waals surface area contributed by atoms with E-state index in [0.29, 0.717) is 0 Å². The van der Waals surface area contributed by atoms with Crippen LogP contribution in [0.15, 0.2) is 35.3 Å². The number of aliphatic imine (C=N–C) groups is 1. The van der Waals surface area contributed by atoms with E-state index in [9.17, 15) is 0 Å². The van der Waals surface area contributed by atoms with E-state index in [1.807, 2.05) is 7.05 Å². The third-order valence-electron chi connectivity index (χ3n) is 3.43. The van der Waals surface area contributed by atoms with Gasteiger partial charge in [0, 0.05) is 40.3 Å². The molecule has 1 fully saturated rings. The molecule has 1 aromatic carbocycles. The highest BCUT2D eigenvalue weighted by Gasteiger charge is 2.20. The van der Waals surface area contributed by atoms with Crippen LogP contribution in [-0.4, -0.2) is 57.3 Å². The summed E-state index contributed by atoms with van der Waals surface area (Å²) in [6, 6.07) is 10.6. The second-order valence-electron chi connectivity index (χ2n) is 4.92. The Morgan fingerprint density at radius 3 is 2.81 bits per heavy atom. The topological polar surface area (TPSA) is 48.9 Å². The molecule has 2 rings (SSSR count). The largest absolute Gasteiger partial charge is 0.374 e. The van der Waals surface area contributed by atoms with Crippen molar-refractivity contribution in [2.24, 2.45) is 4.99 Å². The molecule has 21 heavy (non-hydrogen) atoms. The Kier molecular flexibility index (Phi) is 8.63. The van der Waals surface area contributed by atoms with Crippen molar-refractivity contribution < 1.29 is 4.74 Å². The highest BCUT2D eigenvalue weighted by Crippen LogP contribution is 2.09. The van der Waals surface area contributed by atoms with Crippen LogP contribution in [-0.2, 0) is 11.3 Å². The molecule has 0 bridgehead atoms. The Labute approximate surface area is 144 Å². The number of morpholine rings is 1. The molecule has 0 spiro atoms. The summed E-state index contributed by atoms with van der Waals surface area (Å²) in [6.07, 6.45) is 0.206. The van der Waals surface area contributed by atoms with Crippen LogP contribution in [0.25, 0.3) is 0 Å². The summed E-state index contributed by atoms with van der Waals surface area (Å²) in [5.74, 6) is 0.800. The summed E-state index contributed by atoms with van der Waals surface area (Å²) in [5, 5.41) is 6.27. The molecule has 1 heterocycles. The number of hydrogen-bond donors (Lipinski definition) is 2. The van der Waals surface area contributed by atoms with Crippen LogP contribution >= 0.6 is 24.0 Å². The number of nitrogens with zero attached hydrogens (tertiary/aromatic N) is 2.